The number of nitrogens with zero attached hydrogens (tertiary/aromatic N) is 1. The summed E-state index contributed by atoms with van der Waals surface area (Å²) in [6, 6.07) is 14.0. The Balaban J connectivity index is 1.98. The minimum Gasteiger partial charge on any atom is -0.484 e. The average Bonchev–Trinajstić information content (AvgIpc) is 2.64. The van der Waals surface area contributed by atoms with Gasteiger partial charge in [0.15, 0.2) is 6.61 Å². The molecule has 0 aliphatic carbocycles. The van der Waals surface area contributed by atoms with Crippen molar-refractivity contribution in [2.75, 3.05) is 22.4 Å². The Labute approximate surface area is 165 Å². The van der Waals surface area contributed by atoms with Crippen LogP contribution in [0.3, 0.4) is 0 Å². The smallest absolute Gasteiger partial charge is 0.262 e. The van der Waals surface area contributed by atoms with E-state index in [4.69, 9.17) is 10.00 Å². The second-order valence-corrected chi connectivity index (χ2v) is 8.06. The number of hydrogen-bond acceptors (Lipinski definition) is 5. The van der Waals surface area contributed by atoms with Crippen LogP contribution < -0.4 is 14.8 Å². The van der Waals surface area contributed by atoms with E-state index in [9.17, 15) is 13.2 Å². The lowest BCUT2D eigenvalue weighted by Gasteiger charge is -2.14. The van der Waals surface area contributed by atoms with Gasteiger partial charge in [0.2, 0.25) is 10.0 Å². The van der Waals surface area contributed by atoms with Crippen LogP contribution in [0.1, 0.15) is 24.5 Å². The summed E-state index contributed by atoms with van der Waals surface area (Å²) in [5, 5.41) is 11.4. The van der Waals surface area contributed by atoms with Crippen molar-refractivity contribution in [3.63, 3.8) is 0 Å². The van der Waals surface area contributed by atoms with E-state index in [2.05, 4.69) is 16.1 Å². The van der Waals surface area contributed by atoms with Gasteiger partial charge < -0.3 is 10.1 Å². The number of nitrogens with one attached hydrogen (secondary N) is 2. The van der Waals surface area contributed by atoms with Crippen LogP contribution in [-0.2, 0) is 21.2 Å². The lowest BCUT2D eigenvalue weighted by Crippen LogP contribution is -2.21. The van der Waals surface area contributed by atoms with Crippen LogP contribution in [0.4, 0.5) is 11.4 Å². The van der Waals surface area contributed by atoms with E-state index < -0.39 is 10.0 Å². The van der Waals surface area contributed by atoms with E-state index >= 15 is 0 Å². The second-order valence-electron chi connectivity index (χ2n) is 6.21. The molecule has 0 aliphatic rings. The summed E-state index contributed by atoms with van der Waals surface area (Å²) >= 11 is 0. The van der Waals surface area contributed by atoms with E-state index in [1.54, 1.807) is 56.3 Å². The molecule has 8 heteroatoms. The number of amides is 1. The Morgan fingerprint density at radius 2 is 1.82 bits per heavy atom. The minimum atomic E-state index is -3.41. The lowest BCUT2D eigenvalue weighted by atomic mass is 10.1. The van der Waals surface area contributed by atoms with E-state index in [1.807, 2.05) is 0 Å². The number of anilines is 2. The Bertz CT molecular complexity index is 964. The van der Waals surface area contributed by atoms with Gasteiger partial charge in [-0.3, -0.25) is 9.52 Å². The number of nitriles is 1. The zero-order valence-electron chi connectivity index (χ0n) is 15.9. The number of carbonyl (C=O) groups excluding carboxylic acids is 1. The number of benzene rings is 2. The topological polar surface area (TPSA) is 108 Å². The van der Waals surface area contributed by atoms with Crippen molar-refractivity contribution in [2.24, 2.45) is 0 Å². The van der Waals surface area contributed by atoms with Crippen LogP contribution in [0.2, 0.25) is 0 Å². The summed E-state index contributed by atoms with van der Waals surface area (Å²) in [4.78, 5) is 12.2. The monoisotopic (exact) mass is 401 g/mol. The highest BCUT2D eigenvalue weighted by Gasteiger charge is 2.13. The molecule has 2 aromatic carbocycles. The molecule has 0 fully saturated rings. The van der Waals surface area contributed by atoms with Crippen LogP contribution in [0.5, 0.6) is 5.75 Å². The fourth-order valence-electron chi connectivity index (χ4n) is 2.50. The highest BCUT2D eigenvalue weighted by atomic mass is 32.2. The van der Waals surface area contributed by atoms with Gasteiger partial charge in [-0.2, -0.15) is 5.26 Å². The van der Waals surface area contributed by atoms with Crippen molar-refractivity contribution in [2.45, 2.75) is 26.7 Å². The summed E-state index contributed by atoms with van der Waals surface area (Å²) in [6.45, 7) is 3.33. The van der Waals surface area contributed by atoms with Gasteiger partial charge in [-0.1, -0.05) is 25.1 Å². The minimum absolute atomic E-state index is 0.0318. The van der Waals surface area contributed by atoms with E-state index in [-0.39, 0.29) is 18.3 Å². The summed E-state index contributed by atoms with van der Waals surface area (Å²) in [6.07, 6.45) is 0.831. The molecule has 0 bridgehead atoms. The molecule has 0 radical (unpaired) electrons. The molecule has 0 spiro atoms. The van der Waals surface area contributed by atoms with Gasteiger partial charge in [-0.15, -0.1) is 0 Å². The van der Waals surface area contributed by atoms with Crippen LogP contribution in [0.25, 0.3) is 0 Å². The normalized spacial score (nSPS) is 10.8. The number of sulfonamides is 1. The first-order valence-corrected chi connectivity index (χ1v) is 10.5. The predicted octanol–water partition coefficient (Wildman–Crippen LogP) is 3.23. The van der Waals surface area contributed by atoms with Crippen molar-refractivity contribution in [3.8, 4) is 11.8 Å². The fraction of sp³-hybridized carbons (Fsp3) is 0.300. The molecule has 7 nitrogen and oxygen atoms in total. The Kier molecular flexibility index (Phi) is 7.41. The standard InChI is InChI=1S/C20H23N3O4S/c1-3-13-28(25,26)23-19-6-4-5-18(15(19)2)22-20(24)14-27-17-9-7-16(8-10-17)11-12-21/h4-10,23H,3,11,13-14H2,1-2H3,(H,22,24). The molecule has 0 saturated carbocycles. The van der Waals surface area contributed by atoms with Gasteiger partial charge in [0.25, 0.3) is 5.91 Å². The molecule has 0 saturated heterocycles. The van der Waals surface area contributed by atoms with Crippen molar-refractivity contribution in [3.05, 3.63) is 53.6 Å². The first-order valence-electron chi connectivity index (χ1n) is 8.83. The Hall–Kier alpha value is -3.05. The third-order valence-corrected chi connectivity index (χ3v) is 5.40. The third-order valence-electron chi connectivity index (χ3n) is 3.92. The van der Waals surface area contributed by atoms with Crippen molar-refractivity contribution in [1.29, 1.82) is 5.26 Å². The Morgan fingerprint density at radius 3 is 2.46 bits per heavy atom. The highest BCUT2D eigenvalue weighted by Crippen LogP contribution is 2.24. The van der Waals surface area contributed by atoms with Gasteiger partial charge >= 0.3 is 0 Å². The maximum absolute atomic E-state index is 12.2. The maximum atomic E-state index is 12.2. The summed E-state index contributed by atoms with van der Waals surface area (Å²) in [5.74, 6) is 0.191. The quantitative estimate of drug-likeness (QED) is 0.671. The SMILES string of the molecule is CCCS(=O)(=O)Nc1cccc(NC(=O)COc2ccc(CC#N)cc2)c1C. The number of rotatable bonds is 9. The van der Waals surface area contributed by atoms with Gasteiger partial charge in [-0.25, -0.2) is 8.42 Å². The highest BCUT2D eigenvalue weighted by molar-refractivity contribution is 7.92. The molecule has 0 atom stereocenters. The molecule has 148 valence electrons. The molecule has 0 aliphatic heterocycles. The summed E-state index contributed by atoms with van der Waals surface area (Å²) in [7, 11) is -3.41. The summed E-state index contributed by atoms with van der Waals surface area (Å²) in [5.41, 5.74) is 2.43. The van der Waals surface area contributed by atoms with Crippen LogP contribution >= 0.6 is 0 Å². The zero-order valence-corrected chi connectivity index (χ0v) is 16.7. The molecule has 28 heavy (non-hydrogen) atoms. The average molecular weight is 401 g/mol. The fourth-order valence-corrected chi connectivity index (χ4v) is 3.69. The van der Waals surface area contributed by atoms with Crippen LogP contribution in [0, 0.1) is 18.3 Å². The predicted molar refractivity (Wildman–Crippen MR) is 109 cm³/mol. The van der Waals surface area contributed by atoms with E-state index in [0.717, 1.165) is 5.56 Å². The molecule has 0 aromatic heterocycles. The number of hydrogen-bond donors (Lipinski definition) is 2. The first kappa shape index (κ1) is 21.3. The molecule has 2 aromatic rings. The van der Waals surface area contributed by atoms with Crippen LogP contribution in [0.15, 0.2) is 42.5 Å². The first-order chi connectivity index (χ1) is 13.3. The maximum Gasteiger partial charge on any atom is 0.262 e. The van der Waals surface area contributed by atoms with Gasteiger partial charge in [0.05, 0.1) is 23.9 Å². The van der Waals surface area contributed by atoms with Gasteiger partial charge in [0, 0.05) is 5.69 Å². The van der Waals surface area contributed by atoms with E-state index in [0.29, 0.717) is 35.5 Å². The molecule has 1 amide bonds. The largest absolute Gasteiger partial charge is 0.484 e. The zero-order chi connectivity index (χ0) is 20.6. The molecular formula is C20H23N3O4S. The molecule has 2 N–H and O–H groups in total. The number of carbonyl (C=O) groups is 1. The molecule has 2 rings (SSSR count). The van der Waals surface area contributed by atoms with Crippen LogP contribution in [-0.4, -0.2) is 26.7 Å². The number of ether oxygens (including phenoxy) is 1. The molecule has 0 heterocycles. The van der Waals surface area contributed by atoms with Crippen molar-refractivity contribution < 1.29 is 17.9 Å². The third kappa shape index (κ3) is 6.28. The van der Waals surface area contributed by atoms with Crippen molar-refractivity contribution >= 4 is 27.3 Å². The van der Waals surface area contributed by atoms with E-state index in [1.165, 1.54) is 0 Å². The molecule has 0 unspecified atom stereocenters. The molecular weight excluding hydrogens is 378 g/mol. The summed E-state index contributed by atoms with van der Waals surface area (Å²) < 4.78 is 31.9. The van der Waals surface area contributed by atoms with Crippen molar-refractivity contribution in [1.82, 2.24) is 0 Å². The lowest BCUT2D eigenvalue weighted by molar-refractivity contribution is -0.118. The van der Waals surface area contributed by atoms with Gasteiger partial charge in [0.1, 0.15) is 5.75 Å². The Morgan fingerprint density at radius 1 is 1.14 bits per heavy atom. The van der Waals surface area contributed by atoms with Gasteiger partial charge in [-0.05, 0) is 48.7 Å². The second kappa shape index (κ2) is 9.76.